The number of primary amides is 1. The molecule has 0 radical (unpaired) electrons. The van der Waals surface area contributed by atoms with Gasteiger partial charge in [-0.1, -0.05) is 12.1 Å². The van der Waals surface area contributed by atoms with Gasteiger partial charge < -0.3 is 37.2 Å². The van der Waals surface area contributed by atoms with Gasteiger partial charge in [-0.05, 0) is 55.4 Å². The number of likely N-dealkylation sites (tertiary alicyclic amines) is 1. The molecule has 1 heterocycles. The molecular weight excluding hydrogens is 490 g/mol. The average molecular weight is 524 g/mol. The van der Waals surface area contributed by atoms with E-state index in [1.165, 1.54) is 28.8 Å². The standard InChI is InChI=1S/C23H33N5O7S/c1-36-10-8-16(23(34)35)26-21(32)18-3-2-9-28(18)22(33)17(12-19(25)30)27-20(31)15(24)11-13-4-6-14(29)7-5-13/h4-7,15-18,29H,2-3,8-12,24H2,1H3,(H2,25,30)(H,26,32)(H,27,31)(H,34,35). The third kappa shape index (κ3) is 8.41. The predicted octanol–water partition coefficient (Wildman–Crippen LogP) is -1.06. The quantitative estimate of drug-likeness (QED) is 0.186. The summed E-state index contributed by atoms with van der Waals surface area (Å²) in [6, 6.07) is 1.69. The summed E-state index contributed by atoms with van der Waals surface area (Å²) in [6.45, 7) is 0.199. The number of carbonyl (C=O) groups excluding carboxylic acids is 4. The van der Waals surface area contributed by atoms with E-state index < -0.39 is 60.2 Å². The highest BCUT2D eigenvalue weighted by Gasteiger charge is 2.39. The maximum absolute atomic E-state index is 13.3. The van der Waals surface area contributed by atoms with E-state index in [1.807, 2.05) is 6.26 Å². The number of thioether (sulfide) groups is 1. The minimum Gasteiger partial charge on any atom is -0.508 e. The highest BCUT2D eigenvalue weighted by atomic mass is 32.2. The van der Waals surface area contributed by atoms with Crippen LogP contribution in [0.3, 0.4) is 0 Å². The summed E-state index contributed by atoms with van der Waals surface area (Å²) in [4.78, 5) is 63.2. The van der Waals surface area contributed by atoms with Crippen LogP contribution in [-0.2, 0) is 30.4 Å². The molecule has 198 valence electrons. The van der Waals surface area contributed by atoms with Gasteiger partial charge in [-0.3, -0.25) is 19.2 Å². The summed E-state index contributed by atoms with van der Waals surface area (Å²) >= 11 is 1.45. The number of nitrogens with zero attached hydrogens (tertiary/aromatic N) is 1. The molecule has 0 aromatic heterocycles. The normalized spacial score (nSPS) is 17.6. The molecule has 4 amide bonds. The molecule has 1 fully saturated rings. The van der Waals surface area contributed by atoms with Gasteiger partial charge in [-0.2, -0.15) is 11.8 Å². The Hall–Kier alpha value is -3.32. The first-order valence-corrected chi connectivity index (χ1v) is 12.9. The lowest BCUT2D eigenvalue weighted by atomic mass is 10.0. The molecule has 4 unspecified atom stereocenters. The third-order valence-electron chi connectivity index (χ3n) is 5.81. The molecule has 1 aromatic carbocycles. The van der Waals surface area contributed by atoms with E-state index in [0.717, 1.165) is 0 Å². The van der Waals surface area contributed by atoms with Gasteiger partial charge in [-0.25, -0.2) is 4.79 Å². The monoisotopic (exact) mass is 523 g/mol. The van der Waals surface area contributed by atoms with Crippen LogP contribution in [-0.4, -0.2) is 87.4 Å². The summed E-state index contributed by atoms with van der Waals surface area (Å²) in [6.07, 6.45) is 2.47. The maximum atomic E-state index is 13.3. The van der Waals surface area contributed by atoms with Crippen LogP contribution >= 0.6 is 11.8 Å². The molecular formula is C23H33N5O7S. The first-order valence-electron chi connectivity index (χ1n) is 11.5. The zero-order valence-electron chi connectivity index (χ0n) is 20.0. The highest BCUT2D eigenvalue weighted by molar-refractivity contribution is 7.98. The molecule has 1 aromatic rings. The number of hydrogen-bond donors (Lipinski definition) is 6. The Morgan fingerprint density at radius 2 is 1.81 bits per heavy atom. The fourth-order valence-corrected chi connectivity index (χ4v) is 4.39. The fourth-order valence-electron chi connectivity index (χ4n) is 3.92. The molecule has 0 aliphatic carbocycles. The first-order chi connectivity index (χ1) is 17.0. The Morgan fingerprint density at radius 1 is 1.14 bits per heavy atom. The van der Waals surface area contributed by atoms with Crippen LogP contribution < -0.4 is 22.1 Å². The van der Waals surface area contributed by atoms with Gasteiger partial charge in [0.15, 0.2) is 0 Å². The number of phenols is 1. The average Bonchev–Trinajstić information content (AvgIpc) is 3.31. The number of aliphatic carboxylic acids is 1. The fraction of sp³-hybridized carbons (Fsp3) is 0.522. The Morgan fingerprint density at radius 3 is 2.39 bits per heavy atom. The van der Waals surface area contributed by atoms with Crippen molar-refractivity contribution in [1.29, 1.82) is 0 Å². The second-order valence-corrected chi connectivity index (χ2v) is 9.56. The molecule has 1 saturated heterocycles. The number of hydrogen-bond acceptors (Lipinski definition) is 8. The Labute approximate surface area is 213 Å². The molecule has 1 aliphatic heterocycles. The largest absolute Gasteiger partial charge is 0.508 e. The summed E-state index contributed by atoms with van der Waals surface area (Å²) in [5.74, 6) is -3.38. The van der Waals surface area contributed by atoms with Gasteiger partial charge >= 0.3 is 5.97 Å². The number of aromatic hydroxyl groups is 1. The molecule has 4 atom stereocenters. The predicted molar refractivity (Wildman–Crippen MR) is 133 cm³/mol. The van der Waals surface area contributed by atoms with Crippen molar-refractivity contribution in [1.82, 2.24) is 15.5 Å². The van der Waals surface area contributed by atoms with Crippen LogP contribution in [0.4, 0.5) is 0 Å². The molecule has 2 rings (SSSR count). The van der Waals surface area contributed by atoms with E-state index in [1.54, 1.807) is 12.1 Å². The summed E-state index contributed by atoms with van der Waals surface area (Å²) < 4.78 is 0. The number of nitrogens with one attached hydrogen (secondary N) is 2. The van der Waals surface area contributed by atoms with Crippen molar-refractivity contribution in [3.63, 3.8) is 0 Å². The zero-order chi connectivity index (χ0) is 26.8. The van der Waals surface area contributed by atoms with Crippen LogP contribution in [0.1, 0.15) is 31.2 Å². The van der Waals surface area contributed by atoms with Crippen molar-refractivity contribution in [2.24, 2.45) is 11.5 Å². The maximum Gasteiger partial charge on any atom is 0.326 e. The minimum absolute atomic E-state index is 0.0621. The van der Waals surface area contributed by atoms with Crippen LogP contribution in [0.2, 0.25) is 0 Å². The SMILES string of the molecule is CSCCC(NC(=O)C1CCCN1C(=O)C(CC(N)=O)NC(=O)C(N)Cc1ccc(O)cc1)C(=O)O. The smallest absolute Gasteiger partial charge is 0.326 e. The van der Waals surface area contributed by atoms with Gasteiger partial charge in [0.1, 0.15) is 23.9 Å². The van der Waals surface area contributed by atoms with Crippen molar-refractivity contribution >= 4 is 41.4 Å². The lowest BCUT2D eigenvalue weighted by Gasteiger charge is -2.29. The van der Waals surface area contributed by atoms with E-state index in [9.17, 15) is 34.2 Å². The van der Waals surface area contributed by atoms with Crippen molar-refractivity contribution in [2.45, 2.75) is 56.3 Å². The van der Waals surface area contributed by atoms with Gasteiger partial charge in [-0.15, -0.1) is 0 Å². The summed E-state index contributed by atoms with van der Waals surface area (Å²) in [5, 5.41) is 23.7. The van der Waals surface area contributed by atoms with Gasteiger partial charge in [0, 0.05) is 6.54 Å². The number of carbonyl (C=O) groups is 5. The number of phenolic OH excluding ortho intramolecular Hbond substituents is 1. The van der Waals surface area contributed by atoms with E-state index in [4.69, 9.17) is 11.5 Å². The van der Waals surface area contributed by atoms with E-state index in [-0.39, 0.29) is 25.1 Å². The van der Waals surface area contributed by atoms with Crippen molar-refractivity contribution in [2.75, 3.05) is 18.6 Å². The Bertz CT molecular complexity index is 959. The molecule has 1 aliphatic rings. The molecule has 0 spiro atoms. The first kappa shape index (κ1) is 28.9. The van der Waals surface area contributed by atoms with Crippen LogP contribution in [0.5, 0.6) is 5.75 Å². The van der Waals surface area contributed by atoms with Crippen molar-refractivity contribution in [3.8, 4) is 5.75 Å². The summed E-state index contributed by atoms with van der Waals surface area (Å²) in [7, 11) is 0. The third-order valence-corrected chi connectivity index (χ3v) is 6.46. The van der Waals surface area contributed by atoms with Crippen molar-refractivity contribution < 1.29 is 34.2 Å². The molecule has 8 N–H and O–H groups in total. The Kier molecular flexibility index (Phi) is 11.0. The topological polar surface area (TPSA) is 205 Å². The number of nitrogens with two attached hydrogens (primary N) is 2. The van der Waals surface area contributed by atoms with Gasteiger partial charge in [0.25, 0.3) is 0 Å². The van der Waals surface area contributed by atoms with Gasteiger partial charge in [0.2, 0.25) is 23.6 Å². The van der Waals surface area contributed by atoms with Crippen LogP contribution in [0.25, 0.3) is 0 Å². The van der Waals surface area contributed by atoms with E-state index in [0.29, 0.717) is 24.2 Å². The summed E-state index contributed by atoms with van der Waals surface area (Å²) in [5.41, 5.74) is 12.0. The van der Waals surface area contributed by atoms with E-state index >= 15 is 0 Å². The lowest BCUT2D eigenvalue weighted by Crippen LogP contribution is -2.57. The second-order valence-electron chi connectivity index (χ2n) is 8.58. The second kappa shape index (κ2) is 13.7. The van der Waals surface area contributed by atoms with E-state index in [2.05, 4.69) is 10.6 Å². The molecule has 12 nitrogen and oxygen atoms in total. The van der Waals surface area contributed by atoms with Crippen LogP contribution in [0, 0.1) is 0 Å². The number of rotatable bonds is 13. The molecule has 36 heavy (non-hydrogen) atoms. The lowest BCUT2D eigenvalue weighted by molar-refractivity contribution is -0.145. The Balaban J connectivity index is 2.09. The number of amides is 4. The molecule has 0 bridgehead atoms. The number of carboxylic acid groups (broad SMARTS) is 1. The van der Waals surface area contributed by atoms with Crippen molar-refractivity contribution in [3.05, 3.63) is 29.8 Å². The zero-order valence-corrected chi connectivity index (χ0v) is 20.8. The highest BCUT2D eigenvalue weighted by Crippen LogP contribution is 2.20. The number of carboxylic acids is 1. The molecule has 0 saturated carbocycles. The minimum atomic E-state index is -1.33. The number of benzene rings is 1. The van der Waals surface area contributed by atoms with Crippen LogP contribution in [0.15, 0.2) is 24.3 Å². The molecule has 13 heteroatoms. The van der Waals surface area contributed by atoms with Gasteiger partial charge in [0.05, 0.1) is 12.5 Å².